The lowest BCUT2D eigenvalue weighted by atomic mass is 10.1. The van der Waals surface area contributed by atoms with Gasteiger partial charge in [0.05, 0.1) is 12.9 Å². The van der Waals surface area contributed by atoms with Crippen LogP contribution in [0.5, 0.6) is 0 Å². The van der Waals surface area contributed by atoms with Gasteiger partial charge in [0.15, 0.2) is 23.2 Å². The number of hydrogen-bond donors (Lipinski definition) is 5. The maximum absolute atomic E-state index is 10.4. The van der Waals surface area contributed by atoms with E-state index in [1.54, 1.807) is 0 Å². The molecule has 154 valence electrons. The second kappa shape index (κ2) is 7.26. The van der Waals surface area contributed by atoms with E-state index in [0.717, 1.165) is 25.7 Å². The Bertz CT molecular complexity index is 988. The van der Waals surface area contributed by atoms with E-state index in [1.807, 2.05) is 0 Å². The van der Waals surface area contributed by atoms with Crippen molar-refractivity contribution in [3.8, 4) is 11.6 Å². The minimum Gasteiger partial charge on any atom is -0.394 e. The summed E-state index contributed by atoms with van der Waals surface area (Å²) >= 11 is 0. The zero-order valence-electron chi connectivity index (χ0n) is 15.4. The average molecular weight is 403 g/mol. The first kappa shape index (κ1) is 18.3. The highest BCUT2D eigenvalue weighted by Crippen LogP contribution is 2.33. The zero-order chi connectivity index (χ0) is 20.0. The Morgan fingerprint density at radius 1 is 1.21 bits per heavy atom. The summed E-state index contributed by atoms with van der Waals surface area (Å²) in [6.07, 6.45) is 1.54. The van der Waals surface area contributed by atoms with Gasteiger partial charge in [-0.3, -0.25) is 4.57 Å². The molecule has 3 aromatic rings. The van der Waals surface area contributed by atoms with Crippen molar-refractivity contribution in [1.82, 2.24) is 40.1 Å². The molecule has 1 saturated carbocycles. The number of aromatic nitrogens is 8. The van der Waals surface area contributed by atoms with Gasteiger partial charge in [-0.2, -0.15) is 0 Å². The zero-order valence-corrected chi connectivity index (χ0v) is 15.4. The first-order chi connectivity index (χ1) is 14.2. The van der Waals surface area contributed by atoms with Crippen LogP contribution in [0.1, 0.15) is 31.9 Å². The van der Waals surface area contributed by atoms with Gasteiger partial charge in [-0.25, -0.2) is 20.1 Å². The van der Waals surface area contributed by atoms with Crippen molar-refractivity contribution in [2.45, 2.75) is 56.3 Å². The molecule has 5 N–H and O–H groups in total. The van der Waals surface area contributed by atoms with Crippen molar-refractivity contribution in [3.05, 3.63) is 6.33 Å². The number of fused-ring (bicyclic) bond motifs is 1. The fourth-order valence-electron chi connectivity index (χ4n) is 3.94. The second-order valence-electron chi connectivity index (χ2n) is 7.32. The topological polar surface area (TPSA) is 180 Å². The summed E-state index contributed by atoms with van der Waals surface area (Å²) in [4.78, 5) is 13.5. The van der Waals surface area contributed by atoms with Crippen LogP contribution in [0.25, 0.3) is 22.8 Å². The number of anilines is 1. The van der Waals surface area contributed by atoms with Gasteiger partial charge in [-0.1, -0.05) is 12.8 Å². The predicted molar refractivity (Wildman–Crippen MR) is 97.4 cm³/mol. The van der Waals surface area contributed by atoms with Crippen LogP contribution in [0.2, 0.25) is 0 Å². The van der Waals surface area contributed by atoms with Crippen LogP contribution in [0.15, 0.2) is 6.33 Å². The van der Waals surface area contributed by atoms with E-state index in [4.69, 9.17) is 4.74 Å². The summed E-state index contributed by atoms with van der Waals surface area (Å²) in [5, 5.41) is 47.0. The number of nitrogens with one attached hydrogen (secondary N) is 2. The summed E-state index contributed by atoms with van der Waals surface area (Å²) in [6, 6.07) is 0.285. The maximum Gasteiger partial charge on any atom is 0.217 e. The molecule has 29 heavy (non-hydrogen) atoms. The van der Waals surface area contributed by atoms with Crippen LogP contribution in [0.3, 0.4) is 0 Å². The Morgan fingerprint density at radius 3 is 2.72 bits per heavy atom. The highest BCUT2D eigenvalue weighted by molar-refractivity contribution is 5.84. The molecule has 2 aliphatic rings. The second-order valence-corrected chi connectivity index (χ2v) is 7.32. The minimum atomic E-state index is -1.25. The monoisotopic (exact) mass is 403 g/mol. The lowest BCUT2D eigenvalue weighted by Crippen LogP contribution is -2.33. The maximum atomic E-state index is 10.4. The van der Waals surface area contributed by atoms with E-state index in [0.29, 0.717) is 17.0 Å². The van der Waals surface area contributed by atoms with Crippen LogP contribution in [-0.4, -0.2) is 86.4 Å². The Hall–Kier alpha value is -2.74. The first-order valence-corrected chi connectivity index (χ1v) is 9.53. The van der Waals surface area contributed by atoms with Crippen LogP contribution in [0.4, 0.5) is 5.82 Å². The van der Waals surface area contributed by atoms with Gasteiger partial charge in [0.2, 0.25) is 11.6 Å². The normalized spacial score (nSPS) is 27.8. The number of H-pyrrole nitrogens is 1. The van der Waals surface area contributed by atoms with Crippen LogP contribution in [-0.2, 0) is 4.74 Å². The van der Waals surface area contributed by atoms with Crippen LogP contribution >= 0.6 is 0 Å². The molecule has 0 unspecified atom stereocenters. The Kier molecular flexibility index (Phi) is 4.58. The third kappa shape index (κ3) is 3.11. The number of imidazole rings is 1. The molecule has 4 atom stereocenters. The van der Waals surface area contributed by atoms with Crippen molar-refractivity contribution < 1.29 is 20.1 Å². The smallest absolute Gasteiger partial charge is 0.217 e. The van der Waals surface area contributed by atoms with Gasteiger partial charge in [-0.15, -0.1) is 5.10 Å². The van der Waals surface area contributed by atoms with Crippen molar-refractivity contribution in [3.63, 3.8) is 0 Å². The molecular weight excluding hydrogens is 382 g/mol. The molecule has 0 amide bonds. The van der Waals surface area contributed by atoms with Crippen LogP contribution in [0, 0.1) is 0 Å². The van der Waals surface area contributed by atoms with Crippen molar-refractivity contribution in [2.24, 2.45) is 0 Å². The molecule has 13 heteroatoms. The lowest BCUT2D eigenvalue weighted by Gasteiger charge is -2.17. The van der Waals surface area contributed by atoms with E-state index in [1.165, 1.54) is 10.9 Å². The average Bonchev–Trinajstić information content (AvgIpc) is 3.51. The molecule has 0 spiro atoms. The Labute approximate surface area is 164 Å². The molecule has 0 bridgehead atoms. The summed E-state index contributed by atoms with van der Waals surface area (Å²) in [5.41, 5.74) is 0.896. The Morgan fingerprint density at radius 2 is 2.03 bits per heavy atom. The summed E-state index contributed by atoms with van der Waals surface area (Å²) in [7, 11) is 0. The fourth-order valence-corrected chi connectivity index (χ4v) is 3.94. The van der Waals surface area contributed by atoms with Crippen molar-refractivity contribution in [2.75, 3.05) is 11.9 Å². The van der Waals surface area contributed by atoms with Gasteiger partial charge in [0, 0.05) is 6.04 Å². The van der Waals surface area contributed by atoms with E-state index >= 15 is 0 Å². The number of tetrazole rings is 1. The molecule has 0 aromatic carbocycles. The van der Waals surface area contributed by atoms with E-state index in [-0.39, 0.29) is 17.7 Å². The molecule has 1 aliphatic heterocycles. The standard InChI is InChI=1S/C16H21N9O4/c26-5-8-10(27)11(28)16(29-8)25-6-17-9-12(18-7-3-1-2-4-7)19-13(20-15(9)25)14-21-23-24-22-14/h6-8,10-11,16,26-28H,1-5H2,(H,18,19,20)(H,21,22,23,24)/t8-,10+,11-,16-/m1/s1. The quantitative estimate of drug-likeness (QED) is 0.351. The molecule has 3 aromatic heterocycles. The molecule has 5 rings (SSSR count). The molecule has 1 saturated heterocycles. The first-order valence-electron chi connectivity index (χ1n) is 9.53. The molecular formula is C16H21N9O4. The third-order valence-corrected chi connectivity index (χ3v) is 5.47. The Balaban J connectivity index is 1.60. The third-order valence-electron chi connectivity index (χ3n) is 5.47. The molecule has 4 heterocycles. The molecule has 2 fully saturated rings. The summed E-state index contributed by atoms with van der Waals surface area (Å²) in [6.45, 7) is -0.417. The van der Waals surface area contributed by atoms with E-state index in [2.05, 4.69) is 40.9 Å². The van der Waals surface area contributed by atoms with Gasteiger partial charge >= 0.3 is 0 Å². The number of hydrogen-bond acceptors (Lipinski definition) is 11. The number of nitrogens with zero attached hydrogens (tertiary/aromatic N) is 7. The van der Waals surface area contributed by atoms with Gasteiger partial charge in [0.25, 0.3) is 0 Å². The molecule has 13 nitrogen and oxygen atoms in total. The number of rotatable bonds is 5. The number of aromatic amines is 1. The van der Waals surface area contributed by atoms with E-state index < -0.39 is 31.1 Å². The van der Waals surface area contributed by atoms with Gasteiger partial charge in [0.1, 0.15) is 18.3 Å². The number of aliphatic hydroxyl groups excluding tert-OH is 3. The van der Waals surface area contributed by atoms with Crippen molar-refractivity contribution in [1.29, 1.82) is 0 Å². The minimum absolute atomic E-state index is 0.261. The fraction of sp³-hybridized carbons (Fsp3) is 0.625. The van der Waals surface area contributed by atoms with Crippen molar-refractivity contribution >= 4 is 17.0 Å². The molecule has 0 radical (unpaired) electrons. The highest BCUT2D eigenvalue weighted by atomic mass is 16.6. The SMILES string of the molecule is OC[C@H]1O[C@@H](n2cnc3c(NC4CCCC4)nc(-c4nnn[nH]4)nc32)[C@H](O)[C@H]1O. The van der Waals surface area contributed by atoms with E-state index in [9.17, 15) is 15.3 Å². The van der Waals surface area contributed by atoms with Gasteiger partial charge < -0.3 is 25.4 Å². The molecule has 1 aliphatic carbocycles. The number of ether oxygens (including phenoxy) is 1. The highest BCUT2D eigenvalue weighted by Gasteiger charge is 2.44. The van der Waals surface area contributed by atoms with Crippen LogP contribution < -0.4 is 5.32 Å². The van der Waals surface area contributed by atoms with Gasteiger partial charge in [-0.05, 0) is 23.3 Å². The summed E-state index contributed by atoms with van der Waals surface area (Å²) < 4.78 is 7.16. The number of aliphatic hydroxyl groups is 3. The summed E-state index contributed by atoms with van der Waals surface area (Å²) in [5.74, 6) is 1.09. The predicted octanol–water partition coefficient (Wildman–Crippen LogP) is -1.03. The largest absolute Gasteiger partial charge is 0.394 e. The lowest BCUT2D eigenvalue weighted by molar-refractivity contribution is -0.0511.